The van der Waals surface area contributed by atoms with Crippen molar-refractivity contribution in [1.82, 2.24) is 25.1 Å². The fourth-order valence-corrected chi connectivity index (χ4v) is 3.99. The zero-order valence-corrected chi connectivity index (χ0v) is 16.9. The van der Waals surface area contributed by atoms with Crippen molar-refractivity contribution in [3.05, 3.63) is 46.7 Å². The van der Waals surface area contributed by atoms with E-state index in [1.54, 1.807) is 26.2 Å². The van der Waals surface area contributed by atoms with Gasteiger partial charge in [0, 0.05) is 18.0 Å². The molecule has 0 amide bonds. The number of aromatic nitrogens is 5. The van der Waals surface area contributed by atoms with E-state index in [1.165, 1.54) is 11.3 Å². The van der Waals surface area contributed by atoms with Gasteiger partial charge in [0.1, 0.15) is 21.3 Å². The zero-order valence-electron chi connectivity index (χ0n) is 16.1. The Morgan fingerprint density at radius 1 is 1.21 bits per heavy atom. The Labute approximate surface area is 170 Å². The van der Waals surface area contributed by atoms with Crippen molar-refractivity contribution in [3.8, 4) is 11.4 Å². The Kier molecular flexibility index (Phi) is 5.17. The third kappa shape index (κ3) is 3.79. The molecule has 4 heterocycles. The highest BCUT2D eigenvalue weighted by molar-refractivity contribution is 7.20. The smallest absolute Gasteiger partial charge is 0.348 e. The van der Waals surface area contributed by atoms with E-state index in [0.717, 1.165) is 21.3 Å². The number of fused-ring (bicyclic) bond motifs is 1. The Balaban J connectivity index is 1.61. The molecule has 0 aliphatic carbocycles. The van der Waals surface area contributed by atoms with Crippen molar-refractivity contribution in [2.45, 2.75) is 27.3 Å². The number of rotatable bonds is 6. The topological polar surface area (TPSA) is 116 Å². The summed E-state index contributed by atoms with van der Waals surface area (Å²) in [6.07, 6.45) is 3.34. The Morgan fingerprint density at radius 2 is 2.00 bits per heavy atom. The summed E-state index contributed by atoms with van der Waals surface area (Å²) in [4.78, 5) is 30.8. The summed E-state index contributed by atoms with van der Waals surface area (Å²) in [5.41, 5.74) is 1.61. The lowest BCUT2D eigenvalue weighted by Crippen LogP contribution is -2.05. The van der Waals surface area contributed by atoms with Gasteiger partial charge in [0.05, 0.1) is 18.5 Å². The molecule has 4 aromatic rings. The van der Waals surface area contributed by atoms with Crippen LogP contribution in [0.2, 0.25) is 0 Å². The second-order valence-electron chi connectivity index (χ2n) is 6.18. The van der Waals surface area contributed by atoms with Gasteiger partial charge in [0.2, 0.25) is 11.7 Å². The second kappa shape index (κ2) is 7.92. The molecule has 0 fully saturated rings. The average Bonchev–Trinajstić information content (AvgIpc) is 3.32. The molecule has 0 aliphatic heterocycles. The van der Waals surface area contributed by atoms with Gasteiger partial charge in [-0.3, -0.25) is 4.98 Å². The first-order valence-electron chi connectivity index (χ1n) is 8.98. The molecule has 0 atom stereocenters. The number of thiophene rings is 1. The predicted molar refractivity (Wildman–Crippen MR) is 108 cm³/mol. The van der Waals surface area contributed by atoms with E-state index in [9.17, 15) is 4.79 Å². The summed E-state index contributed by atoms with van der Waals surface area (Å²) in [5, 5.41) is 8.02. The lowest BCUT2D eigenvalue weighted by molar-refractivity contribution is 0.0531. The first-order chi connectivity index (χ1) is 14.1. The molecular weight excluding hydrogens is 392 g/mol. The number of esters is 1. The van der Waals surface area contributed by atoms with Crippen LogP contribution >= 0.6 is 11.3 Å². The molecule has 0 aliphatic rings. The van der Waals surface area contributed by atoms with Crippen LogP contribution in [-0.4, -0.2) is 37.7 Å². The lowest BCUT2D eigenvalue weighted by Gasteiger charge is -2.06. The van der Waals surface area contributed by atoms with Crippen molar-refractivity contribution in [2.24, 2.45) is 0 Å². The van der Waals surface area contributed by atoms with E-state index in [1.807, 2.05) is 19.1 Å². The predicted octanol–water partition coefficient (Wildman–Crippen LogP) is 3.54. The molecule has 0 radical (unpaired) electrons. The van der Waals surface area contributed by atoms with Crippen LogP contribution < -0.4 is 5.32 Å². The molecule has 10 heteroatoms. The summed E-state index contributed by atoms with van der Waals surface area (Å²) in [6.45, 7) is 6.05. The van der Waals surface area contributed by atoms with Crippen LogP contribution in [0.5, 0.6) is 0 Å². The molecule has 0 unspecified atom stereocenters. The van der Waals surface area contributed by atoms with Gasteiger partial charge in [-0.15, -0.1) is 11.3 Å². The standard InChI is InChI=1S/C19H18N6O3S/c1-4-27-19(26)15-10(2)14-17(22-11(3)23-18(14)29-15)21-9-13-24-16(25-28-13)12-5-7-20-8-6-12/h5-8H,4,9H2,1-3H3,(H,21,22,23). The fraction of sp³-hybridized carbons (Fsp3) is 0.263. The normalized spacial score (nSPS) is 11.0. The minimum Gasteiger partial charge on any atom is -0.462 e. The van der Waals surface area contributed by atoms with Gasteiger partial charge >= 0.3 is 5.97 Å². The van der Waals surface area contributed by atoms with Crippen molar-refractivity contribution in [1.29, 1.82) is 0 Å². The van der Waals surface area contributed by atoms with E-state index in [2.05, 4.69) is 30.4 Å². The highest BCUT2D eigenvalue weighted by Crippen LogP contribution is 2.34. The monoisotopic (exact) mass is 410 g/mol. The maximum Gasteiger partial charge on any atom is 0.348 e. The summed E-state index contributed by atoms with van der Waals surface area (Å²) < 4.78 is 10.5. The summed E-state index contributed by atoms with van der Waals surface area (Å²) in [7, 11) is 0. The molecule has 29 heavy (non-hydrogen) atoms. The molecule has 0 spiro atoms. The molecule has 0 saturated carbocycles. The SMILES string of the molecule is CCOC(=O)c1sc2nc(C)nc(NCc3nc(-c4ccncc4)no3)c2c1C. The van der Waals surface area contributed by atoms with Crippen LogP contribution in [0.3, 0.4) is 0 Å². The largest absolute Gasteiger partial charge is 0.462 e. The van der Waals surface area contributed by atoms with E-state index in [4.69, 9.17) is 9.26 Å². The van der Waals surface area contributed by atoms with E-state index in [0.29, 0.717) is 34.8 Å². The summed E-state index contributed by atoms with van der Waals surface area (Å²) in [5.74, 6) is 1.76. The van der Waals surface area contributed by atoms with Crippen LogP contribution in [0.15, 0.2) is 29.0 Å². The van der Waals surface area contributed by atoms with Crippen molar-refractivity contribution >= 4 is 33.3 Å². The maximum absolute atomic E-state index is 12.2. The molecule has 0 saturated heterocycles. The highest BCUT2D eigenvalue weighted by atomic mass is 32.1. The van der Waals surface area contributed by atoms with Gasteiger partial charge in [-0.1, -0.05) is 5.16 Å². The van der Waals surface area contributed by atoms with Crippen molar-refractivity contribution < 1.29 is 14.1 Å². The van der Waals surface area contributed by atoms with E-state index in [-0.39, 0.29) is 12.5 Å². The minimum absolute atomic E-state index is 0.285. The van der Waals surface area contributed by atoms with Crippen LogP contribution in [0.4, 0.5) is 5.82 Å². The molecule has 0 bridgehead atoms. The number of nitrogens with zero attached hydrogens (tertiary/aromatic N) is 5. The van der Waals surface area contributed by atoms with Crippen LogP contribution in [0.1, 0.15) is 33.9 Å². The number of hydrogen-bond acceptors (Lipinski definition) is 10. The number of anilines is 1. The first kappa shape index (κ1) is 18.9. The van der Waals surface area contributed by atoms with Crippen LogP contribution in [-0.2, 0) is 11.3 Å². The molecular formula is C19H18N6O3S. The summed E-state index contributed by atoms with van der Waals surface area (Å²) >= 11 is 1.30. The molecule has 9 nitrogen and oxygen atoms in total. The van der Waals surface area contributed by atoms with Crippen molar-refractivity contribution in [2.75, 3.05) is 11.9 Å². The van der Waals surface area contributed by atoms with Gasteiger partial charge in [0.25, 0.3) is 0 Å². The molecule has 0 aromatic carbocycles. The van der Waals surface area contributed by atoms with Crippen molar-refractivity contribution in [3.63, 3.8) is 0 Å². The van der Waals surface area contributed by atoms with Gasteiger partial charge in [0.15, 0.2) is 0 Å². The van der Waals surface area contributed by atoms with Gasteiger partial charge in [-0.2, -0.15) is 4.98 Å². The Bertz CT molecular complexity index is 1170. The summed E-state index contributed by atoms with van der Waals surface area (Å²) in [6, 6.07) is 3.62. The van der Waals surface area contributed by atoms with Gasteiger partial charge in [-0.05, 0) is 38.5 Å². The van der Waals surface area contributed by atoms with Crippen LogP contribution in [0.25, 0.3) is 21.6 Å². The number of carbonyl (C=O) groups is 1. The second-order valence-corrected chi connectivity index (χ2v) is 7.18. The lowest BCUT2D eigenvalue weighted by atomic mass is 10.2. The van der Waals surface area contributed by atoms with Crippen LogP contribution in [0, 0.1) is 13.8 Å². The molecule has 1 N–H and O–H groups in total. The highest BCUT2D eigenvalue weighted by Gasteiger charge is 2.21. The zero-order chi connectivity index (χ0) is 20.4. The first-order valence-corrected chi connectivity index (χ1v) is 9.80. The Morgan fingerprint density at radius 3 is 2.76 bits per heavy atom. The molecule has 148 valence electrons. The van der Waals surface area contributed by atoms with Gasteiger partial charge < -0.3 is 14.6 Å². The Hall–Kier alpha value is -3.40. The quantitative estimate of drug-likeness (QED) is 0.476. The number of nitrogens with one attached hydrogen (secondary N) is 1. The number of carbonyl (C=O) groups excluding carboxylic acids is 1. The average molecular weight is 410 g/mol. The number of aryl methyl sites for hydroxylation is 2. The molecule has 4 aromatic heterocycles. The number of pyridine rings is 1. The minimum atomic E-state index is -0.351. The third-order valence-electron chi connectivity index (χ3n) is 4.18. The fourth-order valence-electron chi connectivity index (χ4n) is 2.87. The maximum atomic E-state index is 12.2. The third-order valence-corrected chi connectivity index (χ3v) is 5.34. The van der Waals surface area contributed by atoms with E-state index >= 15 is 0 Å². The number of ether oxygens (including phenoxy) is 1. The molecule has 4 rings (SSSR count). The van der Waals surface area contributed by atoms with Gasteiger partial charge in [-0.25, -0.2) is 14.8 Å². The number of hydrogen-bond donors (Lipinski definition) is 1. The van der Waals surface area contributed by atoms with E-state index < -0.39 is 0 Å².